The first-order valence-electron chi connectivity index (χ1n) is 8.31. The molecule has 2 aromatic rings. The third-order valence-corrected chi connectivity index (χ3v) is 5.42. The lowest BCUT2D eigenvalue weighted by molar-refractivity contribution is -0.129. The first kappa shape index (κ1) is 18.0. The second-order valence-corrected chi connectivity index (χ2v) is 7.37. The van der Waals surface area contributed by atoms with E-state index in [1.165, 1.54) is 18.2 Å². The minimum Gasteiger partial charge on any atom is -0.342 e. The molecule has 1 aromatic heterocycles. The zero-order valence-electron chi connectivity index (χ0n) is 13.9. The number of hydrogen-bond donors (Lipinski definition) is 0. The molecule has 0 unspecified atom stereocenters. The highest BCUT2D eigenvalue weighted by molar-refractivity contribution is 7.99. The monoisotopic (exact) mass is 377 g/mol. The lowest BCUT2D eigenvalue weighted by Gasteiger charge is -2.26. The number of rotatable bonds is 5. The second kappa shape index (κ2) is 8.06. The van der Waals surface area contributed by atoms with Gasteiger partial charge in [-0.25, -0.2) is 4.98 Å². The molecule has 0 atom stereocenters. The summed E-state index contributed by atoms with van der Waals surface area (Å²) in [6.07, 6.45) is 4.96. The summed E-state index contributed by atoms with van der Waals surface area (Å²) >= 11 is 7.30. The lowest BCUT2D eigenvalue weighted by Crippen LogP contribution is -2.37. The van der Waals surface area contributed by atoms with E-state index < -0.39 is 0 Å². The van der Waals surface area contributed by atoms with Crippen molar-refractivity contribution in [2.75, 3.05) is 18.8 Å². The van der Waals surface area contributed by atoms with Crippen LogP contribution >= 0.6 is 23.4 Å². The molecule has 1 aromatic carbocycles. The van der Waals surface area contributed by atoms with E-state index >= 15 is 0 Å². The summed E-state index contributed by atoms with van der Waals surface area (Å²) in [5.74, 6) is 0.378. The average molecular weight is 378 g/mol. The largest absolute Gasteiger partial charge is 0.342 e. The van der Waals surface area contributed by atoms with E-state index in [0.29, 0.717) is 27.6 Å². The quantitative estimate of drug-likeness (QED) is 0.455. The Morgan fingerprint density at radius 3 is 2.80 bits per heavy atom. The molecule has 0 saturated carbocycles. The van der Waals surface area contributed by atoms with E-state index in [1.54, 1.807) is 28.8 Å². The summed E-state index contributed by atoms with van der Waals surface area (Å²) in [4.78, 5) is 31.6. The molecule has 1 saturated heterocycles. The van der Waals surface area contributed by atoms with Crippen molar-refractivity contribution in [2.45, 2.75) is 31.0 Å². The molecule has 0 radical (unpaired) electrons. The third kappa shape index (κ3) is 4.07. The zero-order chi connectivity index (χ0) is 17.8. The van der Waals surface area contributed by atoms with Crippen molar-refractivity contribution >= 4 is 40.2 Å². The molecule has 7 heteroatoms. The molecular formula is C18H20ClN3O2S. The summed E-state index contributed by atoms with van der Waals surface area (Å²) in [5.41, 5.74) is 0.419. The van der Waals surface area contributed by atoms with Gasteiger partial charge in [-0.15, -0.1) is 6.58 Å². The van der Waals surface area contributed by atoms with Crippen molar-refractivity contribution in [3.63, 3.8) is 0 Å². The van der Waals surface area contributed by atoms with E-state index in [1.807, 2.05) is 4.90 Å². The number of fused-ring (bicyclic) bond motifs is 1. The Morgan fingerprint density at radius 1 is 1.32 bits per heavy atom. The maximum Gasteiger partial charge on any atom is 0.262 e. The van der Waals surface area contributed by atoms with Crippen LogP contribution in [0.4, 0.5) is 0 Å². The van der Waals surface area contributed by atoms with E-state index in [4.69, 9.17) is 11.6 Å². The number of amides is 1. The van der Waals surface area contributed by atoms with Gasteiger partial charge in [0.25, 0.3) is 5.56 Å². The number of allylic oxidation sites excluding steroid dienone is 1. The average Bonchev–Trinajstić information content (AvgIpc) is 2.63. The topological polar surface area (TPSA) is 55.2 Å². The van der Waals surface area contributed by atoms with Gasteiger partial charge in [-0.2, -0.15) is 0 Å². The number of piperidine rings is 1. The van der Waals surface area contributed by atoms with Crippen LogP contribution < -0.4 is 5.56 Å². The Kier molecular flexibility index (Phi) is 5.81. The molecule has 1 fully saturated rings. The van der Waals surface area contributed by atoms with Crippen molar-refractivity contribution in [3.8, 4) is 0 Å². The van der Waals surface area contributed by atoms with Crippen LogP contribution in [0.15, 0.2) is 40.8 Å². The van der Waals surface area contributed by atoms with E-state index in [0.717, 1.165) is 25.9 Å². The van der Waals surface area contributed by atoms with Gasteiger partial charge in [-0.05, 0) is 37.5 Å². The zero-order valence-corrected chi connectivity index (χ0v) is 15.5. The molecule has 0 bridgehead atoms. The fourth-order valence-corrected chi connectivity index (χ4v) is 4.02. The van der Waals surface area contributed by atoms with Crippen LogP contribution in [0.3, 0.4) is 0 Å². The number of hydrogen-bond acceptors (Lipinski definition) is 4. The summed E-state index contributed by atoms with van der Waals surface area (Å²) < 4.78 is 1.54. The van der Waals surface area contributed by atoms with Gasteiger partial charge in [0.05, 0.1) is 16.7 Å². The molecule has 3 rings (SSSR count). The Hall–Kier alpha value is -1.79. The summed E-state index contributed by atoms with van der Waals surface area (Å²) in [6.45, 7) is 5.69. The molecule has 0 N–H and O–H groups in total. The predicted octanol–water partition coefficient (Wildman–Crippen LogP) is 3.34. The molecule has 2 heterocycles. The van der Waals surface area contributed by atoms with Crippen LogP contribution in [0.1, 0.15) is 19.3 Å². The van der Waals surface area contributed by atoms with E-state index in [9.17, 15) is 9.59 Å². The van der Waals surface area contributed by atoms with Crippen molar-refractivity contribution in [2.24, 2.45) is 0 Å². The maximum atomic E-state index is 12.7. The van der Waals surface area contributed by atoms with Crippen LogP contribution in [-0.2, 0) is 11.3 Å². The molecule has 1 aliphatic rings. The van der Waals surface area contributed by atoms with Crippen molar-refractivity contribution in [3.05, 3.63) is 46.2 Å². The molecule has 25 heavy (non-hydrogen) atoms. The molecule has 5 nitrogen and oxygen atoms in total. The van der Waals surface area contributed by atoms with Gasteiger partial charge in [0.15, 0.2) is 5.16 Å². The van der Waals surface area contributed by atoms with Gasteiger partial charge in [0.2, 0.25) is 5.91 Å². The fraction of sp³-hybridized carbons (Fsp3) is 0.389. The first-order chi connectivity index (χ1) is 12.1. The highest BCUT2D eigenvalue weighted by Gasteiger charge is 2.18. The van der Waals surface area contributed by atoms with Crippen LogP contribution in [-0.4, -0.2) is 39.2 Å². The number of thioether (sulfide) groups is 1. The summed E-state index contributed by atoms with van der Waals surface area (Å²) in [6, 6.07) is 5.06. The van der Waals surface area contributed by atoms with E-state index in [2.05, 4.69) is 11.6 Å². The standard InChI is InChI=1S/C18H20ClN3O2S/c1-2-8-22-17(24)14-11-13(19)6-7-15(14)20-18(22)25-12-16(23)21-9-4-3-5-10-21/h2,6-7,11H,1,3-5,8-10,12H2. The number of likely N-dealkylation sites (tertiary alicyclic amines) is 1. The lowest BCUT2D eigenvalue weighted by atomic mass is 10.1. The van der Waals surface area contributed by atoms with Gasteiger partial charge >= 0.3 is 0 Å². The Labute approximate surface area is 155 Å². The summed E-state index contributed by atoms with van der Waals surface area (Å²) in [5, 5.41) is 1.50. The summed E-state index contributed by atoms with van der Waals surface area (Å²) in [7, 11) is 0. The second-order valence-electron chi connectivity index (χ2n) is 5.99. The van der Waals surface area contributed by atoms with E-state index in [-0.39, 0.29) is 17.2 Å². The smallest absolute Gasteiger partial charge is 0.262 e. The highest BCUT2D eigenvalue weighted by atomic mass is 35.5. The molecule has 1 aliphatic heterocycles. The maximum absolute atomic E-state index is 12.7. The predicted molar refractivity (Wildman–Crippen MR) is 102 cm³/mol. The molecular weight excluding hydrogens is 358 g/mol. The van der Waals surface area contributed by atoms with Gasteiger partial charge in [0, 0.05) is 24.7 Å². The van der Waals surface area contributed by atoms with Crippen LogP contribution in [0, 0.1) is 0 Å². The Bertz CT molecular complexity index is 859. The molecule has 1 amide bonds. The van der Waals surface area contributed by atoms with Gasteiger partial charge in [-0.1, -0.05) is 29.4 Å². The minimum atomic E-state index is -0.166. The van der Waals surface area contributed by atoms with Gasteiger partial charge < -0.3 is 4.90 Å². The van der Waals surface area contributed by atoms with Crippen LogP contribution in [0.25, 0.3) is 10.9 Å². The van der Waals surface area contributed by atoms with Gasteiger partial charge in [0.1, 0.15) is 0 Å². The molecule has 0 spiro atoms. The first-order valence-corrected chi connectivity index (χ1v) is 9.68. The van der Waals surface area contributed by atoms with Gasteiger partial charge in [-0.3, -0.25) is 14.2 Å². The number of halogens is 1. The number of benzene rings is 1. The van der Waals surface area contributed by atoms with Crippen molar-refractivity contribution in [1.82, 2.24) is 14.5 Å². The van der Waals surface area contributed by atoms with Crippen LogP contribution in [0.5, 0.6) is 0 Å². The Balaban J connectivity index is 1.87. The van der Waals surface area contributed by atoms with Crippen LogP contribution in [0.2, 0.25) is 5.02 Å². The Morgan fingerprint density at radius 2 is 2.08 bits per heavy atom. The normalized spacial score (nSPS) is 14.7. The minimum absolute atomic E-state index is 0.0975. The third-order valence-electron chi connectivity index (χ3n) is 4.23. The number of carbonyl (C=O) groups is 1. The highest BCUT2D eigenvalue weighted by Crippen LogP contribution is 2.21. The molecule has 132 valence electrons. The number of nitrogens with zero attached hydrogens (tertiary/aromatic N) is 3. The van der Waals surface area contributed by atoms with Crippen molar-refractivity contribution < 1.29 is 4.79 Å². The SMILES string of the molecule is C=CCn1c(SCC(=O)N2CCCCC2)nc2ccc(Cl)cc2c1=O. The molecule has 0 aliphatic carbocycles. The van der Waals surface area contributed by atoms with Crippen molar-refractivity contribution in [1.29, 1.82) is 0 Å². The number of aromatic nitrogens is 2. The number of carbonyl (C=O) groups excluding carboxylic acids is 1. The fourth-order valence-electron chi connectivity index (χ4n) is 2.93.